The number of hydrogen-bond acceptors (Lipinski definition) is 3. The first kappa shape index (κ1) is 11.1. The maximum atomic E-state index is 4.83. The fraction of sp³-hybridized carbons (Fsp3) is 0.500. The zero-order valence-electron chi connectivity index (χ0n) is 6.95. The molecule has 0 fully saturated rings. The lowest BCUT2D eigenvalue weighted by molar-refractivity contribution is 0.162. The summed E-state index contributed by atoms with van der Waals surface area (Å²) in [5.41, 5.74) is 0. The highest BCUT2D eigenvalue weighted by molar-refractivity contribution is 8.79. The van der Waals surface area contributed by atoms with Crippen LogP contribution in [0.25, 0.3) is 0 Å². The van der Waals surface area contributed by atoms with Gasteiger partial charge in [-0.2, -0.15) is 0 Å². The van der Waals surface area contributed by atoms with Gasteiger partial charge in [0.2, 0.25) is 0 Å². The largest absolute Gasteiger partial charge is 0.382 e. The smallest absolute Gasteiger partial charge is 0.0437 e. The molecule has 0 saturated heterocycles. The van der Waals surface area contributed by atoms with Crippen molar-refractivity contribution in [3.05, 3.63) is 23.0 Å². The van der Waals surface area contributed by atoms with E-state index in [2.05, 4.69) is 10.8 Å². The summed E-state index contributed by atoms with van der Waals surface area (Å²) in [6.07, 6.45) is 4.06. The van der Waals surface area contributed by atoms with Crippen molar-refractivity contribution in [3.8, 4) is 0 Å². The molecule has 0 bridgehead atoms. The maximum absolute atomic E-state index is 4.83. The Bertz CT molecular complexity index is 107. The van der Waals surface area contributed by atoms with E-state index >= 15 is 0 Å². The molecule has 0 radical (unpaired) electrons. The van der Waals surface area contributed by atoms with Crippen LogP contribution in [0.2, 0.25) is 0 Å². The summed E-state index contributed by atoms with van der Waals surface area (Å²) >= 11 is 0. The molecule has 0 aromatic heterocycles. The van der Waals surface area contributed by atoms with Crippen molar-refractivity contribution in [1.82, 2.24) is 0 Å². The number of ether oxygens (including phenoxy) is 1. The van der Waals surface area contributed by atoms with Crippen molar-refractivity contribution in [2.24, 2.45) is 0 Å². The molecule has 1 heterocycles. The van der Waals surface area contributed by atoms with Gasteiger partial charge in [0, 0.05) is 13.2 Å². The van der Waals surface area contributed by atoms with E-state index in [0.717, 1.165) is 13.2 Å². The average Bonchev–Trinajstić information content (AvgIpc) is 2.10. The fourth-order valence-corrected chi connectivity index (χ4v) is 1.63. The lowest BCUT2D eigenvalue weighted by Gasteiger charge is -1.87. The van der Waals surface area contributed by atoms with Crippen LogP contribution in [0, 0.1) is 0 Å². The van der Waals surface area contributed by atoms with Gasteiger partial charge in [-0.15, -0.1) is 0 Å². The Morgan fingerprint density at radius 3 is 1.55 bits per heavy atom. The minimum Gasteiger partial charge on any atom is -0.382 e. The van der Waals surface area contributed by atoms with Crippen molar-refractivity contribution in [2.75, 3.05) is 13.2 Å². The monoisotopic (exact) mass is 190 g/mol. The van der Waals surface area contributed by atoms with E-state index in [9.17, 15) is 0 Å². The second kappa shape index (κ2) is 10.1. The Balaban J connectivity index is 0.000000187. The van der Waals surface area contributed by atoms with E-state index < -0.39 is 0 Å². The van der Waals surface area contributed by atoms with Crippen LogP contribution in [0.4, 0.5) is 0 Å². The molecule has 1 rings (SSSR count). The van der Waals surface area contributed by atoms with E-state index in [0.29, 0.717) is 0 Å². The summed E-state index contributed by atoms with van der Waals surface area (Å²) in [6.45, 7) is 5.67. The predicted molar refractivity (Wildman–Crippen MR) is 55.6 cm³/mol. The van der Waals surface area contributed by atoms with Gasteiger partial charge in [0.25, 0.3) is 0 Å². The van der Waals surface area contributed by atoms with Gasteiger partial charge in [-0.3, -0.25) is 0 Å². The zero-order chi connectivity index (χ0) is 8.36. The van der Waals surface area contributed by atoms with Gasteiger partial charge in [-0.05, 0) is 24.7 Å². The van der Waals surface area contributed by atoms with Gasteiger partial charge in [-0.1, -0.05) is 33.7 Å². The molecular weight excluding hydrogens is 176 g/mol. The first-order valence-corrected chi connectivity index (χ1v) is 5.91. The van der Waals surface area contributed by atoms with E-state index in [1.54, 1.807) is 21.6 Å². The molecule has 0 saturated carbocycles. The van der Waals surface area contributed by atoms with E-state index in [-0.39, 0.29) is 0 Å². The molecule has 3 heteroatoms. The molecule has 0 N–H and O–H groups in total. The highest BCUT2D eigenvalue weighted by Gasteiger charge is 1.78. The Hall–Kier alpha value is 0.140. The van der Waals surface area contributed by atoms with Crippen molar-refractivity contribution in [1.29, 1.82) is 0 Å². The first-order valence-electron chi connectivity index (χ1n) is 3.63. The van der Waals surface area contributed by atoms with Crippen LogP contribution in [-0.2, 0) is 4.74 Å². The van der Waals surface area contributed by atoms with Crippen molar-refractivity contribution in [2.45, 2.75) is 13.8 Å². The van der Waals surface area contributed by atoms with Crippen molar-refractivity contribution >= 4 is 21.6 Å². The van der Waals surface area contributed by atoms with Crippen molar-refractivity contribution in [3.63, 3.8) is 0 Å². The normalized spacial score (nSPS) is 14.0. The number of rotatable bonds is 2. The topological polar surface area (TPSA) is 9.23 Å². The number of allylic oxidation sites excluding steroid dienone is 2. The van der Waals surface area contributed by atoms with Crippen LogP contribution in [-0.4, -0.2) is 13.2 Å². The molecule has 0 aromatic rings. The standard InChI is InChI=1S/C4H10O.C4H4S2/c1-3-5-4-2;1-2-4-6-5-3-1/h3-4H2,1-2H3;1-4H. The highest BCUT2D eigenvalue weighted by Crippen LogP contribution is 2.26. The van der Waals surface area contributed by atoms with Gasteiger partial charge in [0.15, 0.2) is 0 Å². The van der Waals surface area contributed by atoms with Crippen LogP contribution in [0.3, 0.4) is 0 Å². The Labute approximate surface area is 76.7 Å². The van der Waals surface area contributed by atoms with Crippen LogP contribution in [0.5, 0.6) is 0 Å². The van der Waals surface area contributed by atoms with Gasteiger partial charge in [0.05, 0.1) is 0 Å². The van der Waals surface area contributed by atoms with Crippen LogP contribution >= 0.6 is 21.6 Å². The molecule has 1 aliphatic heterocycles. The van der Waals surface area contributed by atoms with Crippen LogP contribution in [0.15, 0.2) is 23.0 Å². The Morgan fingerprint density at radius 2 is 1.45 bits per heavy atom. The average molecular weight is 190 g/mol. The van der Waals surface area contributed by atoms with Gasteiger partial charge in [-0.25, -0.2) is 0 Å². The molecule has 0 amide bonds. The lowest BCUT2D eigenvalue weighted by atomic mass is 10.6. The molecule has 11 heavy (non-hydrogen) atoms. The fourth-order valence-electron chi connectivity index (χ4n) is 0.423. The summed E-state index contributed by atoms with van der Waals surface area (Å²) in [7, 11) is 3.49. The molecule has 0 aromatic carbocycles. The molecule has 1 aliphatic rings. The SMILES string of the molecule is C1=CSSC=C1.CCOCC. The third-order valence-corrected chi connectivity index (χ3v) is 2.49. The summed E-state index contributed by atoms with van der Waals surface area (Å²) < 4.78 is 4.83. The van der Waals surface area contributed by atoms with Crippen LogP contribution < -0.4 is 0 Å². The number of hydrogen-bond donors (Lipinski definition) is 0. The minimum atomic E-state index is 0.844. The molecule has 0 unspecified atom stereocenters. The molecular formula is C8H14OS2. The second-order valence-corrected chi connectivity index (χ2v) is 3.71. The van der Waals surface area contributed by atoms with E-state index in [1.807, 2.05) is 26.0 Å². The van der Waals surface area contributed by atoms with E-state index in [4.69, 9.17) is 4.74 Å². The first-order chi connectivity index (χ1) is 5.41. The second-order valence-electron chi connectivity index (χ2n) is 1.63. The quantitative estimate of drug-likeness (QED) is 0.617. The summed E-state index contributed by atoms with van der Waals surface area (Å²) in [5.74, 6) is 0. The zero-order valence-corrected chi connectivity index (χ0v) is 8.58. The molecule has 0 atom stereocenters. The summed E-state index contributed by atoms with van der Waals surface area (Å²) in [5, 5.41) is 4.12. The van der Waals surface area contributed by atoms with Gasteiger partial charge >= 0.3 is 0 Å². The summed E-state index contributed by atoms with van der Waals surface area (Å²) in [4.78, 5) is 0. The third kappa shape index (κ3) is 10.1. The molecule has 1 nitrogen and oxygen atoms in total. The lowest BCUT2D eigenvalue weighted by Crippen LogP contribution is -1.84. The van der Waals surface area contributed by atoms with Crippen molar-refractivity contribution < 1.29 is 4.74 Å². The molecule has 0 aliphatic carbocycles. The van der Waals surface area contributed by atoms with Gasteiger partial charge < -0.3 is 4.74 Å². The van der Waals surface area contributed by atoms with Crippen LogP contribution in [0.1, 0.15) is 13.8 Å². The highest BCUT2D eigenvalue weighted by atomic mass is 33.1. The maximum Gasteiger partial charge on any atom is 0.0437 e. The molecule has 0 spiro atoms. The van der Waals surface area contributed by atoms with Gasteiger partial charge in [0.1, 0.15) is 0 Å². The molecule has 64 valence electrons. The predicted octanol–water partition coefficient (Wildman–Crippen LogP) is 3.45. The summed E-state index contributed by atoms with van der Waals surface area (Å²) in [6, 6.07) is 0. The third-order valence-electron chi connectivity index (χ3n) is 0.843. The van der Waals surface area contributed by atoms with E-state index in [1.165, 1.54) is 0 Å². The minimum absolute atomic E-state index is 0.844. The Morgan fingerprint density at radius 1 is 1.00 bits per heavy atom. The Kier molecular flexibility index (Phi) is 10.3.